The largest absolute Gasteiger partial charge is 0.306 e. The first kappa shape index (κ1) is 13.4. The van der Waals surface area contributed by atoms with Gasteiger partial charge in [-0.2, -0.15) is 0 Å². The fourth-order valence-corrected chi connectivity index (χ4v) is 2.13. The highest BCUT2D eigenvalue weighted by Gasteiger charge is 2.09. The van der Waals surface area contributed by atoms with Crippen LogP contribution in [0.3, 0.4) is 0 Å². The van der Waals surface area contributed by atoms with Crippen LogP contribution in [-0.2, 0) is 0 Å². The number of halogens is 1. The van der Waals surface area contributed by atoms with Gasteiger partial charge >= 0.3 is 0 Å². The average Bonchev–Trinajstić information content (AvgIpc) is 2.13. The van der Waals surface area contributed by atoms with Crippen molar-refractivity contribution in [3.05, 3.63) is 0 Å². The highest BCUT2D eigenvalue weighted by molar-refractivity contribution is 9.09. The molecule has 0 aliphatic carbocycles. The molecule has 0 saturated heterocycles. The van der Waals surface area contributed by atoms with Gasteiger partial charge in [-0.3, -0.25) is 0 Å². The normalized spacial score (nSPS) is 16.2. The average molecular weight is 250 g/mol. The van der Waals surface area contributed by atoms with Gasteiger partial charge in [-0.1, -0.05) is 49.5 Å². The van der Waals surface area contributed by atoms with Gasteiger partial charge in [0.2, 0.25) is 0 Å². The molecule has 0 aliphatic heterocycles. The maximum atomic E-state index is 3.56. The maximum Gasteiger partial charge on any atom is 0.00717 e. The van der Waals surface area contributed by atoms with Crippen LogP contribution < -0.4 is 0 Å². The fraction of sp³-hybridized carbons (Fsp3) is 1.00. The smallest absolute Gasteiger partial charge is 0.00717 e. The molecule has 80 valence electrons. The summed E-state index contributed by atoms with van der Waals surface area (Å²) >= 11 is 3.56. The van der Waals surface area contributed by atoms with Crippen LogP contribution in [0.15, 0.2) is 0 Å². The van der Waals surface area contributed by atoms with Crippen LogP contribution >= 0.6 is 15.9 Å². The Kier molecular flexibility index (Phi) is 8.07. The summed E-state index contributed by atoms with van der Waals surface area (Å²) in [6.07, 6.45) is 2.56. The second-order valence-electron chi connectivity index (χ2n) is 4.16. The van der Waals surface area contributed by atoms with Crippen molar-refractivity contribution in [3.8, 4) is 0 Å². The second kappa shape index (κ2) is 7.81. The first-order valence-electron chi connectivity index (χ1n) is 5.38. The molecule has 0 aromatic heterocycles. The Morgan fingerprint density at radius 1 is 1.15 bits per heavy atom. The minimum absolute atomic E-state index is 0.814. The molecule has 0 heterocycles. The van der Waals surface area contributed by atoms with E-state index in [1.54, 1.807) is 0 Å². The van der Waals surface area contributed by atoms with Crippen LogP contribution in [0.5, 0.6) is 0 Å². The van der Waals surface area contributed by atoms with Crippen molar-refractivity contribution < 1.29 is 0 Å². The lowest BCUT2D eigenvalue weighted by molar-refractivity contribution is 0.248. The molecule has 0 amide bonds. The van der Waals surface area contributed by atoms with Gasteiger partial charge in [-0.05, 0) is 18.9 Å². The van der Waals surface area contributed by atoms with Gasteiger partial charge in [0.15, 0.2) is 0 Å². The standard InChI is InChI=1S/C11H24BrN/c1-5-10(3)8-13(4)9-11(6-2)7-12/h10-11H,5-9H2,1-4H3. The summed E-state index contributed by atoms with van der Waals surface area (Å²) in [7, 11) is 2.23. The zero-order chi connectivity index (χ0) is 10.3. The highest BCUT2D eigenvalue weighted by Crippen LogP contribution is 2.10. The van der Waals surface area contributed by atoms with Gasteiger partial charge in [0.25, 0.3) is 0 Å². The molecule has 2 atom stereocenters. The first-order valence-corrected chi connectivity index (χ1v) is 6.50. The predicted molar refractivity (Wildman–Crippen MR) is 64.5 cm³/mol. The third-order valence-electron chi connectivity index (χ3n) is 2.69. The Morgan fingerprint density at radius 3 is 2.15 bits per heavy atom. The monoisotopic (exact) mass is 249 g/mol. The molecule has 0 fully saturated rings. The van der Waals surface area contributed by atoms with Crippen LogP contribution in [0.25, 0.3) is 0 Å². The van der Waals surface area contributed by atoms with Crippen molar-refractivity contribution in [2.75, 3.05) is 25.5 Å². The number of rotatable bonds is 7. The molecule has 0 aliphatic rings. The lowest BCUT2D eigenvalue weighted by Crippen LogP contribution is -2.30. The number of alkyl halides is 1. The molecule has 1 nitrogen and oxygen atoms in total. The summed E-state index contributed by atoms with van der Waals surface area (Å²) < 4.78 is 0. The molecule has 0 spiro atoms. The van der Waals surface area contributed by atoms with E-state index in [0.717, 1.165) is 17.2 Å². The van der Waals surface area contributed by atoms with E-state index in [1.165, 1.54) is 25.9 Å². The van der Waals surface area contributed by atoms with E-state index >= 15 is 0 Å². The van der Waals surface area contributed by atoms with Gasteiger partial charge in [0, 0.05) is 18.4 Å². The highest BCUT2D eigenvalue weighted by atomic mass is 79.9. The zero-order valence-corrected chi connectivity index (χ0v) is 11.1. The molecule has 13 heavy (non-hydrogen) atoms. The number of hydrogen-bond donors (Lipinski definition) is 0. The van der Waals surface area contributed by atoms with E-state index in [4.69, 9.17) is 0 Å². The molecule has 0 bridgehead atoms. The molecular weight excluding hydrogens is 226 g/mol. The fourth-order valence-electron chi connectivity index (χ4n) is 1.46. The van der Waals surface area contributed by atoms with E-state index in [-0.39, 0.29) is 0 Å². The van der Waals surface area contributed by atoms with Crippen LogP contribution in [-0.4, -0.2) is 30.4 Å². The summed E-state index contributed by atoms with van der Waals surface area (Å²) in [4.78, 5) is 2.46. The number of nitrogens with zero attached hydrogens (tertiary/aromatic N) is 1. The van der Waals surface area contributed by atoms with Gasteiger partial charge in [0.05, 0.1) is 0 Å². The second-order valence-corrected chi connectivity index (χ2v) is 4.81. The van der Waals surface area contributed by atoms with Crippen molar-refractivity contribution >= 4 is 15.9 Å². The first-order chi connectivity index (χ1) is 6.13. The van der Waals surface area contributed by atoms with Crippen molar-refractivity contribution in [1.29, 1.82) is 0 Å². The molecule has 0 aromatic carbocycles. The van der Waals surface area contributed by atoms with E-state index in [0.29, 0.717) is 0 Å². The minimum Gasteiger partial charge on any atom is -0.306 e. The van der Waals surface area contributed by atoms with Crippen LogP contribution in [0.4, 0.5) is 0 Å². The molecule has 2 heteroatoms. The van der Waals surface area contributed by atoms with E-state index < -0.39 is 0 Å². The Labute approximate surface area is 92.0 Å². The lowest BCUT2D eigenvalue weighted by Gasteiger charge is -2.24. The maximum absolute atomic E-state index is 3.56. The zero-order valence-electron chi connectivity index (χ0n) is 9.52. The molecule has 0 saturated carbocycles. The van der Waals surface area contributed by atoms with Gasteiger partial charge < -0.3 is 4.90 Å². The molecule has 0 radical (unpaired) electrons. The van der Waals surface area contributed by atoms with Crippen LogP contribution in [0.2, 0.25) is 0 Å². The SMILES string of the molecule is CCC(C)CN(C)CC(CC)CBr. The van der Waals surface area contributed by atoms with E-state index in [1.807, 2.05) is 0 Å². The Balaban J connectivity index is 3.65. The summed E-state index contributed by atoms with van der Waals surface area (Å²) in [5, 5.41) is 1.13. The summed E-state index contributed by atoms with van der Waals surface area (Å²) in [6, 6.07) is 0. The third kappa shape index (κ3) is 6.50. The van der Waals surface area contributed by atoms with Gasteiger partial charge in [0.1, 0.15) is 0 Å². The number of hydrogen-bond acceptors (Lipinski definition) is 1. The third-order valence-corrected chi connectivity index (χ3v) is 3.60. The van der Waals surface area contributed by atoms with Crippen molar-refractivity contribution in [2.45, 2.75) is 33.6 Å². The Morgan fingerprint density at radius 2 is 1.77 bits per heavy atom. The lowest BCUT2D eigenvalue weighted by atomic mass is 10.1. The Bertz CT molecular complexity index is 113. The predicted octanol–water partition coefficient (Wildman–Crippen LogP) is 3.39. The van der Waals surface area contributed by atoms with Crippen molar-refractivity contribution in [3.63, 3.8) is 0 Å². The van der Waals surface area contributed by atoms with Crippen molar-refractivity contribution in [2.24, 2.45) is 11.8 Å². The summed E-state index contributed by atoms with van der Waals surface area (Å²) in [5.41, 5.74) is 0. The van der Waals surface area contributed by atoms with Gasteiger partial charge in [-0.25, -0.2) is 0 Å². The molecule has 0 rings (SSSR count). The Hall–Kier alpha value is 0.440. The molecule has 0 N–H and O–H groups in total. The summed E-state index contributed by atoms with van der Waals surface area (Å²) in [5.74, 6) is 1.65. The quantitative estimate of drug-likeness (QED) is 0.626. The van der Waals surface area contributed by atoms with Crippen molar-refractivity contribution in [1.82, 2.24) is 4.90 Å². The van der Waals surface area contributed by atoms with E-state index in [2.05, 4.69) is 48.6 Å². The minimum atomic E-state index is 0.814. The molecule has 0 aromatic rings. The van der Waals surface area contributed by atoms with Crippen LogP contribution in [0.1, 0.15) is 33.6 Å². The van der Waals surface area contributed by atoms with Gasteiger partial charge in [-0.15, -0.1) is 0 Å². The van der Waals surface area contributed by atoms with Crippen LogP contribution in [0, 0.1) is 11.8 Å². The molecular formula is C11H24BrN. The molecule has 2 unspecified atom stereocenters. The van der Waals surface area contributed by atoms with E-state index in [9.17, 15) is 0 Å². The topological polar surface area (TPSA) is 3.24 Å². The summed E-state index contributed by atoms with van der Waals surface area (Å²) in [6.45, 7) is 9.32.